The van der Waals surface area contributed by atoms with Gasteiger partial charge in [0, 0.05) is 38.5 Å². The second kappa shape index (κ2) is 7.20. The quantitative estimate of drug-likeness (QED) is 0.827. The Hall–Kier alpha value is -1.10. The highest BCUT2D eigenvalue weighted by atomic mass is 16.2. The molecule has 2 amide bonds. The van der Waals surface area contributed by atoms with Crippen molar-refractivity contribution in [3.63, 3.8) is 0 Å². The lowest BCUT2D eigenvalue weighted by molar-refractivity contribution is -0.140. The van der Waals surface area contributed by atoms with Crippen LogP contribution in [0.1, 0.15) is 51.9 Å². The highest BCUT2D eigenvalue weighted by molar-refractivity contribution is 5.79. The van der Waals surface area contributed by atoms with E-state index in [1.165, 1.54) is 19.3 Å². The Morgan fingerprint density at radius 3 is 2.48 bits per heavy atom. The van der Waals surface area contributed by atoms with Gasteiger partial charge in [-0.1, -0.05) is 6.42 Å². The maximum absolute atomic E-state index is 13.0. The Bertz CT molecular complexity index is 440. The molecule has 3 fully saturated rings. The second-order valence-electron chi connectivity index (χ2n) is 7.93. The van der Waals surface area contributed by atoms with Gasteiger partial charge >= 0.3 is 0 Å². The van der Waals surface area contributed by atoms with Gasteiger partial charge in [0.2, 0.25) is 11.8 Å². The van der Waals surface area contributed by atoms with Gasteiger partial charge in [-0.2, -0.15) is 0 Å². The van der Waals surface area contributed by atoms with Crippen molar-refractivity contribution in [3.05, 3.63) is 0 Å². The zero-order valence-electron chi connectivity index (χ0n) is 14.3. The third-order valence-electron chi connectivity index (χ3n) is 6.23. The van der Waals surface area contributed by atoms with Crippen molar-refractivity contribution in [1.29, 1.82) is 0 Å². The summed E-state index contributed by atoms with van der Waals surface area (Å²) in [6, 6.07) is 0.321. The van der Waals surface area contributed by atoms with Crippen LogP contribution in [-0.4, -0.2) is 42.4 Å². The van der Waals surface area contributed by atoms with E-state index in [1.54, 1.807) is 6.92 Å². The monoisotopic (exact) mass is 321 g/mol. The van der Waals surface area contributed by atoms with Crippen molar-refractivity contribution in [1.82, 2.24) is 10.2 Å². The number of carbonyl (C=O) groups is 2. The predicted molar refractivity (Wildman–Crippen MR) is 89.5 cm³/mol. The number of fused-ring (bicyclic) bond motifs is 2. The predicted octanol–water partition coefficient (Wildman–Crippen LogP) is 1.51. The SMILES string of the molecule is CC(=O)NCC1CCCN(C(=O)C2CC3CCCC(C2)C3N)C1. The number of hydrogen-bond acceptors (Lipinski definition) is 3. The van der Waals surface area contributed by atoms with Gasteiger partial charge in [0.15, 0.2) is 0 Å². The van der Waals surface area contributed by atoms with Crippen molar-refractivity contribution in [2.75, 3.05) is 19.6 Å². The van der Waals surface area contributed by atoms with E-state index in [9.17, 15) is 9.59 Å². The maximum atomic E-state index is 13.0. The Labute approximate surface area is 139 Å². The van der Waals surface area contributed by atoms with E-state index in [-0.39, 0.29) is 11.8 Å². The summed E-state index contributed by atoms with van der Waals surface area (Å²) in [6.45, 7) is 3.93. The van der Waals surface area contributed by atoms with Crippen LogP contribution in [0.3, 0.4) is 0 Å². The first-order valence-electron chi connectivity index (χ1n) is 9.33. The molecule has 3 N–H and O–H groups in total. The molecule has 0 aromatic rings. The Morgan fingerprint density at radius 1 is 1.13 bits per heavy atom. The molecule has 3 unspecified atom stereocenters. The molecule has 3 aliphatic rings. The fourth-order valence-corrected chi connectivity index (χ4v) is 4.97. The average molecular weight is 321 g/mol. The van der Waals surface area contributed by atoms with Crippen molar-refractivity contribution in [2.24, 2.45) is 29.4 Å². The van der Waals surface area contributed by atoms with E-state index >= 15 is 0 Å². The van der Waals surface area contributed by atoms with Gasteiger partial charge in [0.25, 0.3) is 0 Å². The first kappa shape index (κ1) is 16.7. The van der Waals surface area contributed by atoms with Crippen LogP contribution in [0, 0.1) is 23.7 Å². The van der Waals surface area contributed by atoms with E-state index in [0.717, 1.165) is 38.8 Å². The van der Waals surface area contributed by atoms with E-state index in [0.29, 0.717) is 36.2 Å². The summed E-state index contributed by atoms with van der Waals surface area (Å²) in [5.74, 6) is 2.06. The van der Waals surface area contributed by atoms with E-state index in [2.05, 4.69) is 10.2 Å². The number of nitrogens with one attached hydrogen (secondary N) is 1. The maximum Gasteiger partial charge on any atom is 0.225 e. The number of carbonyl (C=O) groups excluding carboxylic acids is 2. The summed E-state index contributed by atoms with van der Waals surface area (Å²) in [5.41, 5.74) is 6.35. The molecular formula is C18H31N3O2. The lowest BCUT2D eigenvalue weighted by Crippen LogP contribution is -2.51. The Balaban J connectivity index is 1.56. The summed E-state index contributed by atoms with van der Waals surface area (Å²) < 4.78 is 0. The highest BCUT2D eigenvalue weighted by Gasteiger charge is 2.42. The number of rotatable bonds is 3. The molecule has 0 spiro atoms. The van der Waals surface area contributed by atoms with Crippen LogP contribution in [0.15, 0.2) is 0 Å². The van der Waals surface area contributed by atoms with Crippen LogP contribution < -0.4 is 11.1 Å². The van der Waals surface area contributed by atoms with Gasteiger partial charge in [-0.05, 0) is 56.3 Å². The van der Waals surface area contributed by atoms with Crippen LogP contribution in [-0.2, 0) is 9.59 Å². The zero-order chi connectivity index (χ0) is 16.4. The molecule has 1 aliphatic heterocycles. The molecule has 23 heavy (non-hydrogen) atoms. The molecule has 5 heteroatoms. The molecule has 0 aromatic heterocycles. The van der Waals surface area contributed by atoms with Crippen molar-refractivity contribution in [2.45, 2.75) is 57.9 Å². The van der Waals surface area contributed by atoms with Gasteiger partial charge in [-0.15, -0.1) is 0 Å². The van der Waals surface area contributed by atoms with Crippen LogP contribution in [0.25, 0.3) is 0 Å². The molecule has 2 saturated carbocycles. The first-order chi connectivity index (χ1) is 11.0. The summed E-state index contributed by atoms with van der Waals surface area (Å²) in [5, 5.41) is 2.90. The molecule has 1 heterocycles. The minimum Gasteiger partial charge on any atom is -0.356 e. The lowest BCUT2D eigenvalue weighted by Gasteiger charge is -2.45. The number of amides is 2. The molecule has 3 rings (SSSR count). The number of piperidine rings is 1. The van der Waals surface area contributed by atoms with Crippen LogP contribution in [0.4, 0.5) is 0 Å². The van der Waals surface area contributed by atoms with Gasteiger partial charge in [0.1, 0.15) is 0 Å². The summed E-state index contributed by atoms with van der Waals surface area (Å²) in [6.07, 6.45) is 7.82. The summed E-state index contributed by atoms with van der Waals surface area (Å²) in [7, 11) is 0. The highest BCUT2D eigenvalue weighted by Crippen LogP contribution is 2.42. The van der Waals surface area contributed by atoms with Crippen LogP contribution >= 0.6 is 0 Å². The normalized spacial score (nSPS) is 37.3. The fraction of sp³-hybridized carbons (Fsp3) is 0.889. The Kier molecular flexibility index (Phi) is 5.24. The molecule has 0 aromatic carbocycles. The van der Waals surface area contributed by atoms with E-state index < -0.39 is 0 Å². The third kappa shape index (κ3) is 3.87. The number of nitrogens with two attached hydrogens (primary N) is 1. The van der Waals surface area contributed by atoms with Gasteiger partial charge in [-0.3, -0.25) is 9.59 Å². The van der Waals surface area contributed by atoms with Gasteiger partial charge in [-0.25, -0.2) is 0 Å². The molecule has 1 saturated heterocycles. The number of likely N-dealkylation sites (tertiary alicyclic amines) is 1. The average Bonchev–Trinajstić information content (AvgIpc) is 2.52. The third-order valence-corrected chi connectivity index (χ3v) is 6.23. The first-order valence-corrected chi connectivity index (χ1v) is 9.33. The van der Waals surface area contributed by atoms with Crippen molar-refractivity contribution < 1.29 is 9.59 Å². The van der Waals surface area contributed by atoms with E-state index in [4.69, 9.17) is 5.73 Å². The summed E-state index contributed by atoms with van der Waals surface area (Å²) >= 11 is 0. The Morgan fingerprint density at radius 2 is 1.83 bits per heavy atom. The van der Waals surface area contributed by atoms with Gasteiger partial charge < -0.3 is 16.0 Å². The minimum absolute atomic E-state index is 0.0162. The van der Waals surface area contributed by atoms with Crippen LogP contribution in [0.5, 0.6) is 0 Å². The second-order valence-corrected chi connectivity index (χ2v) is 7.93. The van der Waals surface area contributed by atoms with Gasteiger partial charge in [0.05, 0.1) is 0 Å². The number of nitrogens with zero attached hydrogens (tertiary/aromatic N) is 1. The largest absolute Gasteiger partial charge is 0.356 e. The molecule has 3 atom stereocenters. The molecule has 130 valence electrons. The number of hydrogen-bond donors (Lipinski definition) is 2. The topological polar surface area (TPSA) is 75.4 Å². The van der Waals surface area contributed by atoms with Crippen LogP contribution in [0.2, 0.25) is 0 Å². The fourth-order valence-electron chi connectivity index (χ4n) is 4.97. The molecule has 0 radical (unpaired) electrons. The van der Waals surface area contributed by atoms with E-state index in [1.807, 2.05) is 0 Å². The molecule has 2 aliphatic carbocycles. The smallest absolute Gasteiger partial charge is 0.225 e. The standard InChI is InChI=1S/C18H31N3O2/c1-12(22)20-10-13-4-3-7-21(11-13)18(23)16-8-14-5-2-6-15(9-16)17(14)19/h13-17H,2-11,19H2,1H3,(H,20,22). The molecule has 5 nitrogen and oxygen atoms in total. The van der Waals surface area contributed by atoms with Crippen molar-refractivity contribution in [3.8, 4) is 0 Å². The lowest BCUT2D eigenvalue weighted by atomic mass is 9.65. The molecular weight excluding hydrogens is 290 g/mol. The minimum atomic E-state index is 0.0162. The summed E-state index contributed by atoms with van der Waals surface area (Å²) in [4.78, 5) is 26.1. The zero-order valence-corrected chi connectivity index (χ0v) is 14.3. The molecule has 2 bridgehead atoms. The van der Waals surface area contributed by atoms with Crippen molar-refractivity contribution >= 4 is 11.8 Å².